The molecule has 0 bridgehead atoms. The number of carboxylic acids is 1. The Hall–Kier alpha value is -2.82. The maximum atomic E-state index is 12.6. The number of phenols is 1. The maximum Gasteiger partial charge on any atom is 0.335 e. The van der Waals surface area contributed by atoms with E-state index >= 15 is 0 Å². The van der Waals surface area contributed by atoms with Gasteiger partial charge in [-0.05, 0) is 42.7 Å². The lowest BCUT2D eigenvalue weighted by Crippen LogP contribution is -2.28. The Morgan fingerprint density at radius 2 is 1.92 bits per heavy atom. The number of rotatable bonds is 3. The van der Waals surface area contributed by atoms with Crippen molar-refractivity contribution in [2.75, 3.05) is 13.1 Å². The van der Waals surface area contributed by atoms with Crippen LogP contribution in [-0.4, -0.2) is 40.1 Å². The number of hydrogen-bond acceptors (Lipinski definition) is 3. The summed E-state index contributed by atoms with van der Waals surface area (Å²) in [6.45, 7) is 2.84. The fourth-order valence-corrected chi connectivity index (χ4v) is 3.17. The molecule has 1 aliphatic heterocycles. The third kappa shape index (κ3) is 2.97. The smallest absolute Gasteiger partial charge is 0.335 e. The molecule has 1 amide bonds. The minimum absolute atomic E-state index is 0.0142. The molecule has 0 radical (unpaired) electrons. The summed E-state index contributed by atoms with van der Waals surface area (Å²) in [5.41, 5.74) is 2.24. The third-order valence-electron chi connectivity index (χ3n) is 4.56. The number of likely N-dealkylation sites (tertiary alicyclic amines) is 1. The van der Waals surface area contributed by atoms with Gasteiger partial charge in [-0.2, -0.15) is 0 Å². The molecule has 2 aromatic carbocycles. The number of amides is 1. The number of aromatic carboxylic acids is 1. The van der Waals surface area contributed by atoms with Gasteiger partial charge in [0.05, 0.1) is 5.56 Å². The molecule has 24 heavy (non-hydrogen) atoms. The Kier molecular flexibility index (Phi) is 4.25. The molecule has 2 aromatic rings. The molecule has 5 heteroatoms. The topological polar surface area (TPSA) is 77.8 Å². The van der Waals surface area contributed by atoms with E-state index in [4.69, 9.17) is 0 Å². The molecule has 124 valence electrons. The highest BCUT2D eigenvalue weighted by molar-refractivity contribution is 5.95. The van der Waals surface area contributed by atoms with Gasteiger partial charge in [0.2, 0.25) is 0 Å². The summed E-state index contributed by atoms with van der Waals surface area (Å²) < 4.78 is 0. The molecule has 5 nitrogen and oxygen atoms in total. The van der Waals surface area contributed by atoms with Crippen molar-refractivity contribution in [3.05, 3.63) is 64.7 Å². The van der Waals surface area contributed by atoms with Gasteiger partial charge in [-0.25, -0.2) is 4.79 Å². The first kappa shape index (κ1) is 16.1. The number of nitrogens with zero attached hydrogens (tertiary/aromatic N) is 1. The minimum atomic E-state index is -0.946. The highest BCUT2D eigenvalue weighted by atomic mass is 16.4. The fraction of sp³-hybridized carbons (Fsp3) is 0.263. The Labute approximate surface area is 140 Å². The zero-order valence-corrected chi connectivity index (χ0v) is 13.4. The Morgan fingerprint density at radius 3 is 2.62 bits per heavy atom. The number of carbonyl (C=O) groups excluding carboxylic acids is 1. The van der Waals surface area contributed by atoms with E-state index in [1.807, 2.05) is 12.1 Å². The zero-order chi connectivity index (χ0) is 17.3. The van der Waals surface area contributed by atoms with Crippen LogP contribution in [0.4, 0.5) is 0 Å². The first-order valence-electron chi connectivity index (χ1n) is 7.88. The largest absolute Gasteiger partial charge is 0.508 e. The molecular formula is C19H19NO4. The molecule has 1 heterocycles. The van der Waals surface area contributed by atoms with Crippen LogP contribution < -0.4 is 0 Å². The van der Waals surface area contributed by atoms with Crippen molar-refractivity contribution in [2.45, 2.75) is 19.3 Å². The number of carbonyl (C=O) groups is 2. The van der Waals surface area contributed by atoms with Crippen molar-refractivity contribution in [3.8, 4) is 5.75 Å². The molecule has 1 aliphatic rings. The van der Waals surface area contributed by atoms with Crippen molar-refractivity contribution in [1.82, 2.24) is 4.90 Å². The van der Waals surface area contributed by atoms with Crippen LogP contribution in [0, 0.1) is 6.92 Å². The van der Waals surface area contributed by atoms with Crippen molar-refractivity contribution >= 4 is 11.9 Å². The summed E-state index contributed by atoms with van der Waals surface area (Å²) in [7, 11) is 0. The van der Waals surface area contributed by atoms with Crippen LogP contribution in [0.5, 0.6) is 5.75 Å². The van der Waals surface area contributed by atoms with Crippen LogP contribution >= 0.6 is 0 Å². The van der Waals surface area contributed by atoms with Gasteiger partial charge in [0.25, 0.3) is 5.91 Å². The van der Waals surface area contributed by atoms with Crippen molar-refractivity contribution in [3.63, 3.8) is 0 Å². The maximum absolute atomic E-state index is 12.6. The summed E-state index contributed by atoms with van der Waals surface area (Å²) in [6, 6.07) is 11.9. The van der Waals surface area contributed by atoms with Crippen LogP contribution in [0.3, 0.4) is 0 Å². The number of carboxylic acid groups (broad SMARTS) is 1. The van der Waals surface area contributed by atoms with Crippen LogP contribution in [0.1, 0.15) is 44.2 Å². The minimum Gasteiger partial charge on any atom is -0.508 e. The Morgan fingerprint density at radius 1 is 1.17 bits per heavy atom. The van der Waals surface area contributed by atoms with Gasteiger partial charge in [-0.1, -0.05) is 24.3 Å². The van der Waals surface area contributed by atoms with E-state index in [9.17, 15) is 19.8 Å². The summed E-state index contributed by atoms with van der Waals surface area (Å²) in [6.07, 6.45) is 0.730. The molecule has 0 aliphatic carbocycles. The monoisotopic (exact) mass is 325 g/mol. The van der Waals surface area contributed by atoms with Crippen molar-refractivity contribution in [1.29, 1.82) is 0 Å². The number of aromatic hydroxyl groups is 1. The lowest BCUT2D eigenvalue weighted by Gasteiger charge is -2.18. The summed E-state index contributed by atoms with van der Waals surface area (Å²) >= 11 is 0. The lowest BCUT2D eigenvalue weighted by molar-refractivity contribution is 0.0695. The SMILES string of the molecule is Cc1ccc(C(=O)N2CC[C@H](c3ccccc3C(=O)O)C2)cc1O. The fourth-order valence-electron chi connectivity index (χ4n) is 3.17. The van der Waals surface area contributed by atoms with Gasteiger partial charge < -0.3 is 15.1 Å². The van der Waals surface area contributed by atoms with E-state index in [2.05, 4.69) is 0 Å². The van der Waals surface area contributed by atoms with Gasteiger partial charge in [0.15, 0.2) is 0 Å². The average Bonchev–Trinajstić information content (AvgIpc) is 3.06. The molecule has 0 spiro atoms. The Bertz CT molecular complexity index is 800. The molecule has 2 N–H and O–H groups in total. The van der Waals surface area contributed by atoms with Crippen LogP contribution in [0.15, 0.2) is 42.5 Å². The molecule has 1 saturated heterocycles. The molecule has 0 aromatic heterocycles. The van der Waals surface area contributed by atoms with E-state index < -0.39 is 5.97 Å². The van der Waals surface area contributed by atoms with Crippen LogP contribution in [0.25, 0.3) is 0 Å². The van der Waals surface area contributed by atoms with Crippen LogP contribution in [-0.2, 0) is 0 Å². The normalized spacial score (nSPS) is 17.0. The molecule has 3 rings (SSSR count). The lowest BCUT2D eigenvalue weighted by atomic mass is 9.93. The first-order chi connectivity index (χ1) is 11.5. The Balaban J connectivity index is 1.79. The van der Waals surface area contributed by atoms with E-state index in [1.165, 1.54) is 6.07 Å². The second-order valence-electron chi connectivity index (χ2n) is 6.13. The predicted molar refractivity (Wildman–Crippen MR) is 89.5 cm³/mol. The summed E-state index contributed by atoms with van der Waals surface area (Å²) in [5, 5.41) is 19.1. The van der Waals surface area contributed by atoms with Gasteiger partial charge in [-0.3, -0.25) is 4.79 Å². The number of benzene rings is 2. The second-order valence-corrected chi connectivity index (χ2v) is 6.13. The number of hydrogen-bond donors (Lipinski definition) is 2. The van der Waals surface area contributed by atoms with Crippen LogP contribution in [0.2, 0.25) is 0 Å². The van der Waals surface area contributed by atoms with Gasteiger partial charge >= 0.3 is 5.97 Å². The molecule has 1 fully saturated rings. The molecule has 0 unspecified atom stereocenters. The second kappa shape index (κ2) is 6.35. The van der Waals surface area contributed by atoms with Crippen molar-refractivity contribution in [2.24, 2.45) is 0 Å². The molecule has 1 atom stereocenters. The quantitative estimate of drug-likeness (QED) is 0.909. The molecule has 0 saturated carbocycles. The third-order valence-corrected chi connectivity index (χ3v) is 4.56. The highest BCUT2D eigenvalue weighted by Gasteiger charge is 2.30. The van der Waals surface area contributed by atoms with E-state index in [-0.39, 0.29) is 17.6 Å². The standard InChI is InChI=1S/C19H19NO4/c1-12-6-7-13(10-17(12)21)18(22)20-9-8-14(11-20)15-4-2-3-5-16(15)19(23)24/h2-7,10,14,21H,8-9,11H2,1H3,(H,23,24)/t14-/m0/s1. The van der Waals surface area contributed by atoms with Gasteiger partial charge in [-0.15, -0.1) is 0 Å². The highest BCUT2D eigenvalue weighted by Crippen LogP contribution is 2.31. The number of aryl methyl sites for hydroxylation is 1. The van der Waals surface area contributed by atoms with Crippen molar-refractivity contribution < 1.29 is 19.8 Å². The van der Waals surface area contributed by atoms with E-state index in [1.54, 1.807) is 36.1 Å². The summed E-state index contributed by atoms with van der Waals surface area (Å²) in [5.74, 6) is -0.965. The first-order valence-corrected chi connectivity index (χ1v) is 7.88. The van der Waals surface area contributed by atoms with Gasteiger partial charge in [0.1, 0.15) is 5.75 Å². The zero-order valence-electron chi connectivity index (χ0n) is 13.4. The summed E-state index contributed by atoms with van der Waals surface area (Å²) in [4.78, 5) is 25.7. The molecular weight excluding hydrogens is 306 g/mol. The average molecular weight is 325 g/mol. The van der Waals surface area contributed by atoms with E-state index in [0.717, 1.165) is 17.5 Å². The van der Waals surface area contributed by atoms with Gasteiger partial charge in [0, 0.05) is 24.6 Å². The predicted octanol–water partition coefficient (Wildman–Crippen LogP) is 3.03. The number of phenolic OH excluding ortho intramolecular Hbond substituents is 1. The van der Waals surface area contributed by atoms with E-state index in [0.29, 0.717) is 24.2 Å².